The Balaban J connectivity index is 1.95. The fourth-order valence-electron chi connectivity index (χ4n) is 4.22. The van der Waals surface area contributed by atoms with Crippen molar-refractivity contribution in [3.63, 3.8) is 0 Å². The SMILES string of the molecule is Oc1ccc(-c2c(O)ccc(C3CCCCC3)c2-c2ccc(O)cc2)cc1. The van der Waals surface area contributed by atoms with Crippen LogP contribution >= 0.6 is 0 Å². The van der Waals surface area contributed by atoms with Gasteiger partial charge in [0.25, 0.3) is 0 Å². The van der Waals surface area contributed by atoms with Crippen LogP contribution < -0.4 is 0 Å². The van der Waals surface area contributed by atoms with Gasteiger partial charge in [-0.25, -0.2) is 0 Å². The third-order valence-corrected chi connectivity index (χ3v) is 5.57. The average Bonchev–Trinajstić information content (AvgIpc) is 2.70. The van der Waals surface area contributed by atoms with E-state index in [4.69, 9.17) is 0 Å². The Morgan fingerprint density at radius 1 is 0.556 bits per heavy atom. The number of rotatable bonds is 3. The smallest absolute Gasteiger partial charge is 0.124 e. The van der Waals surface area contributed by atoms with Crippen molar-refractivity contribution in [2.75, 3.05) is 0 Å². The quantitative estimate of drug-likeness (QED) is 0.522. The Morgan fingerprint density at radius 2 is 1.07 bits per heavy atom. The van der Waals surface area contributed by atoms with Crippen LogP contribution in [-0.4, -0.2) is 15.3 Å². The van der Waals surface area contributed by atoms with E-state index < -0.39 is 0 Å². The van der Waals surface area contributed by atoms with Gasteiger partial charge in [0.2, 0.25) is 0 Å². The molecule has 1 saturated carbocycles. The van der Waals surface area contributed by atoms with Crippen LogP contribution in [0.4, 0.5) is 0 Å². The van der Waals surface area contributed by atoms with Gasteiger partial charge in [0.15, 0.2) is 0 Å². The summed E-state index contributed by atoms with van der Waals surface area (Å²) in [6.45, 7) is 0. The van der Waals surface area contributed by atoms with Gasteiger partial charge in [-0.2, -0.15) is 0 Å². The van der Waals surface area contributed by atoms with Gasteiger partial charge in [-0.1, -0.05) is 49.6 Å². The molecular weight excluding hydrogens is 336 g/mol. The Hall–Kier alpha value is -2.94. The number of phenols is 3. The summed E-state index contributed by atoms with van der Waals surface area (Å²) in [6, 6.07) is 18.0. The summed E-state index contributed by atoms with van der Waals surface area (Å²) >= 11 is 0. The van der Waals surface area contributed by atoms with E-state index in [9.17, 15) is 15.3 Å². The maximum Gasteiger partial charge on any atom is 0.124 e. The zero-order chi connectivity index (χ0) is 18.8. The summed E-state index contributed by atoms with van der Waals surface area (Å²) < 4.78 is 0. The summed E-state index contributed by atoms with van der Waals surface area (Å²) in [4.78, 5) is 0. The first-order valence-corrected chi connectivity index (χ1v) is 9.58. The average molecular weight is 360 g/mol. The lowest BCUT2D eigenvalue weighted by Crippen LogP contribution is -2.07. The second-order valence-corrected chi connectivity index (χ2v) is 7.35. The molecule has 27 heavy (non-hydrogen) atoms. The van der Waals surface area contributed by atoms with Gasteiger partial charge < -0.3 is 15.3 Å². The van der Waals surface area contributed by atoms with E-state index in [1.165, 1.54) is 24.8 Å². The van der Waals surface area contributed by atoms with E-state index in [-0.39, 0.29) is 17.2 Å². The lowest BCUT2D eigenvalue weighted by atomic mass is 9.78. The first-order valence-electron chi connectivity index (χ1n) is 9.58. The molecule has 0 atom stereocenters. The highest BCUT2D eigenvalue weighted by atomic mass is 16.3. The molecule has 3 aromatic carbocycles. The van der Waals surface area contributed by atoms with Crippen molar-refractivity contribution in [2.45, 2.75) is 38.0 Å². The lowest BCUT2D eigenvalue weighted by Gasteiger charge is -2.26. The molecule has 0 radical (unpaired) electrons. The van der Waals surface area contributed by atoms with E-state index in [2.05, 4.69) is 6.07 Å². The van der Waals surface area contributed by atoms with Crippen LogP contribution in [0.3, 0.4) is 0 Å². The Kier molecular flexibility index (Phi) is 4.76. The van der Waals surface area contributed by atoms with Gasteiger partial charge in [-0.15, -0.1) is 0 Å². The molecule has 1 fully saturated rings. The van der Waals surface area contributed by atoms with E-state index in [1.54, 1.807) is 30.3 Å². The van der Waals surface area contributed by atoms with Crippen LogP contribution in [-0.2, 0) is 0 Å². The number of hydrogen-bond donors (Lipinski definition) is 3. The fraction of sp³-hybridized carbons (Fsp3) is 0.250. The molecule has 138 valence electrons. The number of phenolic OH excluding ortho intramolecular Hbond substituents is 3. The van der Waals surface area contributed by atoms with Crippen LogP contribution in [0, 0.1) is 0 Å². The minimum atomic E-state index is 0.202. The molecule has 0 aromatic heterocycles. The molecule has 3 N–H and O–H groups in total. The van der Waals surface area contributed by atoms with Crippen molar-refractivity contribution in [1.82, 2.24) is 0 Å². The number of hydrogen-bond acceptors (Lipinski definition) is 3. The molecule has 0 bridgehead atoms. The topological polar surface area (TPSA) is 60.7 Å². The Morgan fingerprint density at radius 3 is 1.63 bits per heavy atom. The molecule has 0 unspecified atom stereocenters. The molecule has 0 saturated heterocycles. The largest absolute Gasteiger partial charge is 0.508 e. The van der Waals surface area contributed by atoms with Gasteiger partial charge in [-0.05, 0) is 71.3 Å². The zero-order valence-corrected chi connectivity index (χ0v) is 15.2. The second-order valence-electron chi connectivity index (χ2n) is 7.35. The van der Waals surface area contributed by atoms with E-state index in [0.29, 0.717) is 5.92 Å². The van der Waals surface area contributed by atoms with Crippen molar-refractivity contribution in [2.24, 2.45) is 0 Å². The van der Waals surface area contributed by atoms with E-state index in [1.807, 2.05) is 24.3 Å². The van der Waals surface area contributed by atoms with Crippen molar-refractivity contribution < 1.29 is 15.3 Å². The van der Waals surface area contributed by atoms with Crippen molar-refractivity contribution in [1.29, 1.82) is 0 Å². The highest BCUT2D eigenvalue weighted by Gasteiger charge is 2.23. The molecule has 3 heteroatoms. The van der Waals surface area contributed by atoms with Crippen molar-refractivity contribution >= 4 is 0 Å². The van der Waals surface area contributed by atoms with E-state index >= 15 is 0 Å². The first kappa shape index (κ1) is 17.5. The predicted molar refractivity (Wildman–Crippen MR) is 108 cm³/mol. The molecule has 0 amide bonds. The molecule has 0 heterocycles. The number of benzene rings is 3. The fourth-order valence-corrected chi connectivity index (χ4v) is 4.22. The van der Waals surface area contributed by atoms with Gasteiger partial charge >= 0.3 is 0 Å². The monoisotopic (exact) mass is 360 g/mol. The van der Waals surface area contributed by atoms with Crippen LogP contribution in [0.25, 0.3) is 22.3 Å². The highest BCUT2D eigenvalue weighted by Crippen LogP contribution is 2.46. The van der Waals surface area contributed by atoms with Crippen LogP contribution in [0.5, 0.6) is 17.2 Å². The lowest BCUT2D eigenvalue weighted by molar-refractivity contribution is 0.443. The Labute approximate surface area is 159 Å². The van der Waals surface area contributed by atoms with Crippen molar-refractivity contribution in [3.05, 3.63) is 66.2 Å². The summed E-state index contributed by atoms with van der Waals surface area (Å²) in [7, 11) is 0. The molecular formula is C24H24O3. The maximum atomic E-state index is 10.7. The Bertz CT molecular complexity index is 921. The minimum Gasteiger partial charge on any atom is -0.508 e. The molecule has 3 aromatic rings. The van der Waals surface area contributed by atoms with Gasteiger partial charge in [0, 0.05) is 5.56 Å². The van der Waals surface area contributed by atoms with Crippen LogP contribution in [0.1, 0.15) is 43.6 Å². The molecule has 1 aliphatic carbocycles. The van der Waals surface area contributed by atoms with Gasteiger partial charge in [0.05, 0.1) is 0 Å². The highest BCUT2D eigenvalue weighted by molar-refractivity contribution is 5.90. The third kappa shape index (κ3) is 3.50. The summed E-state index contributed by atoms with van der Waals surface area (Å²) in [5.74, 6) is 1.12. The normalized spacial score (nSPS) is 15.0. The first-order chi connectivity index (χ1) is 13.1. The van der Waals surface area contributed by atoms with Crippen LogP contribution in [0.15, 0.2) is 60.7 Å². The van der Waals surface area contributed by atoms with Crippen LogP contribution in [0.2, 0.25) is 0 Å². The maximum absolute atomic E-state index is 10.7. The molecule has 4 rings (SSSR count). The summed E-state index contributed by atoms with van der Waals surface area (Å²) in [6.07, 6.45) is 6.06. The van der Waals surface area contributed by atoms with Gasteiger partial charge in [-0.3, -0.25) is 0 Å². The zero-order valence-electron chi connectivity index (χ0n) is 15.2. The summed E-state index contributed by atoms with van der Waals surface area (Å²) in [5, 5.41) is 30.1. The third-order valence-electron chi connectivity index (χ3n) is 5.57. The molecule has 0 spiro atoms. The van der Waals surface area contributed by atoms with E-state index in [0.717, 1.165) is 35.1 Å². The minimum absolute atomic E-state index is 0.202. The van der Waals surface area contributed by atoms with Gasteiger partial charge in [0.1, 0.15) is 17.2 Å². The molecule has 1 aliphatic rings. The second kappa shape index (κ2) is 7.36. The standard InChI is InChI=1S/C24H24O3/c25-19-10-6-17(7-11-19)23-21(16-4-2-1-3-5-16)14-15-22(27)24(23)18-8-12-20(26)13-9-18/h6-16,25-27H,1-5H2. The molecule has 0 aliphatic heterocycles. The summed E-state index contributed by atoms with van der Waals surface area (Å²) in [5.41, 5.74) is 4.90. The number of aromatic hydroxyl groups is 3. The van der Waals surface area contributed by atoms with Crippen molar-refractivity contribution in [3.8, 4) is 39.5 Å². The predicted octanol–water partition coefficient (Wildman–Crippen LogP) is 6.19. The molecule has 3 nitrogen and oxygen atoms in total.